The van der Waals surface area contributed by atoms with Crippen molar-refractivity contribution < 1.29 is 42.1 Å². The first-order valence-corrected chi connectivity index (χ1v) is 15.6. The average molecular weight is 685 g/mol. The van der Waals surface area contributed by atoms with Crippen LogP contribution < -0.4 is 4.74 Å². The Bertz CT molecular complexity index is 2150. The van der Waals surface area contributed by atoms with Gasteiger partial charge in [-0.25, -0.2) is 32.7 Å². The molecule has 50 heavy (non-hydrogen) atoms. The highest BCUT2D eigenvalue weighted by molar-refractivity contribution is 5.92. The van der Waals surface area contributed by atoms with Gasteiger partial charge in [0.2, 0.25) is 5.88 Å². The summed E-state index contributed by atoms with van der Waals surface area (Å²) in [4.78, 5) is 33.4. The summed E-state index contributed by atoms with van der Waals surface area (Å²) in [6, 6.07) is 15.8. The summed E-state index contributed by atoms with van der Waals surface area (Å²) in [6.07, 6.45) is -0.469. The molecule has 0 saturated carbocycles. The van der Waals surface area contributed by atoms with Crippen LogP contribution in [0.2, 0.25) is 0 Å². The van der Waals surface area contributed by atoms with Gasteiger partial charge in [-0.1, -0.05) is 24.0 Å². The van der Waals surface area contributed by atoms with Crippen LogP contribution in [0.4, 0.5) is 18.0 Å². The number of aromatic nitrogens is 3. The number of carbonyl (C=O) groups excluding carboxylic acids is 1. The third-order valence-corrected chi connectivity index (χ3v) is 8.24. The number of nitrogens with zero attached hydrogens (tertiary/aromatic N) is 4. The molecule has 2 aromatic heterocycles. The summed E-state index contributed by atoms with van der Waals surface area (Å²) in [6.45, 7) is 1.37. The van der Waals surface area contributed by atoms with E-state index in [1.807, 2.05) is 0 Å². The second-order valence-electron chi connectivity index (χ2n) is 11.6. The summed E-state index contributed by atoms with van der Waals surface area (Å²) in [5.74, 6) is 3.40. The van der Waals surface area contributed by atoms with Crippen molar-refractivity contribution in [2.24, 2.45) is 5.92 Å². The Balaban J connectivity index is 1.15. The van der Waals surface area contributed by atoms with Gasteiger partial charge in [0.25, 0.3) is 0 Å². The maximum atomic E-state index is 15.5. The maximum absolute atomic E-state index is 15.5. The second-order valence-corrected chi connectivity index (χ2v) is 11.6. The monoisotopic (exact) mass is 684 g/mol. The molecule has 13 heteroatoms. The van der Waals surface area contributed by atoms with Crippen LogP contribution in [0.5, 0.6) is 5.88 Å². The van der Waals surface area contributed by atoms with Gasteiger partial charge in [-0.2, -0.15) is 0 Å². The number of methoxy groups -OCH3 is 2. The molecule has 1 fully saturated rings. The van der Waals surface area contributed by atoms with Crippen LogP contribution in [-0.4, -0.2) is 70.5 Å². The smallest absolute Gasteiger partial charge is 0.409 e. The predicted octanol–water partition coefficient (Wildman–Crippen LogP) is 6.08. The highest BCUT2D eigenvalue weighted by Crippen LogP contribution is 2.28. The minimum absolute atomic E-state index is 0.0141. The molecule has 1 aliphatic rings. The summed E-state index contributed by atoms with van der Waals surface area (Å²) in [7, 11) is 2.84. The van der Waals surface area contributed by atoms with Crippen LogP contribution in [0, 0.1) is 35.2 Å². The lowest BCUT2D eigenvalue weighted by atomic mass is 10.0. The molecular weight excluding hydrogens is 653 g/mol. The molecule has 0 radical (unpaired) electrons. The Morgan fingerprint density at radius 3 is 2.48 bits per heavy atom. The number of carbonyl (C=O) groups is 2. The lowest BCUT2D eigenvalue weighted by molar-refractivity contribution is 0.0696. The number of pyridine rings is 1. The molecule has 3 aromatic carbocycles. The fraction of sp³-hybridized carbons (Fsp3) is 0.243. The molecule has 10 nitrogen and oxygen atoms in total. The van der Waals surface area contributed by atoms with E-state index < -0.39 is 29.5 Å². The maximum Gasteiger partial charge on any atom is 0.409 e. The van der Waals surface area contributed by atoms with Gasteiger partial charge >= 0.3 is 12.1 Å². The predicted molar refractivity (Wildman–Crippen MR) is 176 cm³/mol. The first-order valence-electron chi connectivity index (χ1n) is 15.6. The normalized spacial score (nSPS) is 12.7. The lowest BCUT2D eigenvalue weighted by Crippen LogP contribution is -2.49. The number of hydrogen-bond donors (Lipinski definition) is 1. The first kappa shape index (κ1) is 34.0. The summed E-state index contributed by atoms with van der Waals surface area (Å²) >= 11 is 0. The van der Waals surface area contributed by atoms with Crippen molar-refractivity contribution in [3.05, 3.63) is 112 Å². The number of likely N-dealkylation sites (tertiary alicyclic amines) is 1. The van der Waals surface area contributed by atoms with E-state index in [2.05, 4.69) is 26.5 Å². The van der Waals surface area contributed by atoms with Crippen LogP contribution in [0.15, 0.2) is 66.7 Å². The quantitative estimate of drug-likeness (QED) is 0.176. The van der Waals surface area contributed by atoms with Gasteiger partial charge in [0, 0.05) is 55.9 Å². The van der Waals surface area contributed by atoms with Gasteiger partial charge in [0.15, 0.2) is 0 Å². The van der Waals surface area contributed by atoms with E-state index in [9.17, 15) is 19.1 Å². The van der Waals surface area contributed by atoms with Crippen molar-refractivity contribution in [2.45, 2.75) is 19.6 Å². The number of carboxylic acid groups (broad SMARTS) is 1. The van der Waals surface area contributed by atoms with E-state index in [0.29, 0.717) is 48.7 Å². The number of carboxylic acids is 1. The van der Waals surface area contributed by atoms with Gasteiger partial charge in [-0.05, 0) is 54.1 Å². The van der Waals surface area contributed by atoms with E-state index >= 15 is 8.78 Å². The fourth-order valence-corrected chi connectivity index (χ4v) is 5.54. The molecule has 6 rings (SSSR count). The van der Waals surface area contributed by atoms with Crippen LogP contribution in [0.25, 0.3) is 22.3 Å². The van der Waals surface area contributed by atoms with Crippen LogP contribution in [-0.2, 0) is 29.0 Å². The zero-order valence-electron chi connectivity index (χ0n) is 27.1. The highest BCUT2D eigenvalue weighted by atomic mass is 19.1. The number of ether oxygens (including phenoxy) is 3. The van der Waals surface area contributed by atoms with E-state index in [-0.39, 0.29) is 52.8 Å². The minimum atomic E-state index is -1.09. The number of benzene rings is 3. The van der Waals surface area contributed by atoms with Crippen LogP contribution >= 0.6 is 0 Å². The van der Waals surface area contributed by atoms with Gasteiger partial charge in [-0.15, -0.1) is 0 Å². The highest BCUT2D eigenvalue weighted by Gasteiger charge is 2.29. The van der Waals surface area contributed by atoms with E-state index in [1.165, 1.54) is 49.5 Å². The molecule has 0 spiro atoms. The molecule has 0 atom stereocenters. The Hall–Kier alpha value is -5.87. The van der Waals surface area contributed by atoms with Gasteiger partial charge in [0.1, 0.15) is 29.9 Å². The van der Waals surface area contributed by atoms with Crippen molar-refractivity contribution in [1.29, 1.82) is 0 Å². The molecule has 1 aliphatic heterocycles. The van der Waals surface area contributed by atoms with Crippen molar-refractivity contribution in [3.8, 4) is 29.0 Å². The Morgan fingerprint density at radius 2 is 1.74 bits per heavy atom. The van der Waals surface area contributed by atoms with Gasteiger partial charge in [0.05, 0.1) is 41.9 Å². The number of aromatic carboxylic acids is 1. The third kappa shape index (κ3) is 7.40. The summed E-state index contributed by atoms with van der Waals surface area (Å²) < 4.78 is 63.2. The summed E-state index contributed by atoms with van der Waals surface area (Å²) in [5, 5.41) is 9.43. The first-order chi connectivity index (χ1) is 24.1. The Labute approximate surface area is 285 Å². The van der Waals surface area contributed by atoms with Gasteiger partial charge in [-0.3, -0.25) is 0 Å². The van der Waals surface area contributed by atoms with E-state index in [4.69, 9.17) is 9.47 Å². The van der Waals surface area contributed by atoms with E-state index in [0.717, 1.165) is 12.1 Å². The minimum Gasteiger partial charge on any atom is -0.478 e. The average Bonchev–Trinajstić information content (AvgIpc) is 3.43. The molecule has 0 unspecified atom stereocenters. The molecule has 3 heterocycles. The van der Waals surface area contributed by atoms with Crippen LogP contribution in [0.3, 0.4) is 0 Å². The molecule has 5 aromatic rings. The number of hydrogen-bond acceptors (Lipinski definition) is 7. The number of halogens is 3. The number of rotatable bonds is 10. The number of fused-ring (bicyclic) bond motifs is 1. The summed E-state index contributed by atoms with van der Waals surface area (Å²) in [5.41, 5.74) is 1.93. The SMILES string of the molecule is COCCn1c(Cc2cc(F)c(-c3cccc(OCc4ccc(C#CC5CN(C(=O)OC)C5)cc4F)n3)cc2F)nc2ccc(C(=O)O)cc21. The molecule has 1 N–H and O–H groups in total. The van der Waals surface area contributed by atoms with Crippen molar-refractivity contribution >= 4 is 23.1 Å². The molecule has 1 amide bonds. The molecular formula is C37H31F3N4O6. The molecule has 0 aliphatic carbocycles. The zero-order valence-corrected chi connectivity index (χ0v) is 27.1. The van der Waals surface area contributed by atoms with Crippen molar-refractivity contribution in [2.75, 3.05) is 33.9 Å². The largest absolute Gasteiger partial charge is 0.478 e. The third-order valence-electron chi connectivity index (χ3n) is 8.24. The number of imidazole rings is 1. The van der Waals surface area contributed by atoms with E-state index in [1.54, 1.807) is 28.8 Å². The van der Waals surface area contributed by atoms with Crippen molar-refractivity contribution in [1.82, 2.24) is 19.4 Å². The standard InChI is InChI=1S/C37H31F3N4O6/c1-48-13-12-44-33-16-24(36(45)46)10-11-32(33)41-34(44)17-26-15-30(40)27(18-29(26)39)31-4-3-5-35(42-31)50-21-25-9-8-22(14-28(25)38)6-7-23-19-43(20-23)37(47)49-2/h3-5,8-11,14-16,18,23H,12-13,17,19-21H2,1-2H3,(H,45,46). The lowest BCUT2D eigenvalue weighted by Gasteiger charge is -2.34. The molecule has 0 bridgehead atoms. The fourth-order valence-electron chi connectivity index (χ4n) is 5.54. The zero-order chi connectivity index (χ0) is 35.4. The second kappa shape index (κ2) is 14.7. The topological polar surface area (TPSA) is 116 Å². The molecule has 256 valence electrons. The van der Waals surface area contributed by atoms with Crippen molar-refractivity contribution in [3.63, 3.8) is 0 Å². The Morgan fingerprint density at radius 1 is 0.940 bits per heavy atom. The van der Waals surface area contributed by atoms with Crippen LogP contribution in [0.1, 0.15) is 32.9 Å². The number of amides is 1. The molecule has 1 saturated heterocycles. The Kier molecular flexibility index (Phi) is 10.0. The van der Waals surface area contributed by atoms with Gasteiger partial charge < -0.3 is 28.8 Å².